The fraction of sp³-hybridized carbons (Fsp3) is 1.00. The zero-order valence-corrected chi connectivity index (χ0v) is 13.7. The second-order valence-electron chi connectivity index (χ2n) is 6.09. The first-order valence-electron chi connectivity index (χ1n) is 8.51. The van der Waals surface area contributed by atoms with Crippen molar-refractivity contribution in [1.82, 2.24) is 0 Å². The van der Waals surface area contributed by atoms with Crippen LogP contribution in [0, 0.1) is 0 Å². The first-order valence-corrected chi connectivity index (χ1v) is 8.51. The van der Waals surface area contributed by atoms with Crippen LogP contribution in [0.2, 0.25) is 0 Å². The monoisotopic (exact) mass is 320 g/mol. The number of hydrogen-bond acceptors (Lipinski definition) is 6. The van der Waals surface area contributed by atoms with Crippen LogP contribution in [-0.2, 0) is 9.47 Å². The molecule has 0 aromatic carbocycles. The van der Waals surface area contributed by atoms with E-state index in [0.29, 0.717) is 0 Å². The molecule has 6 heteroatoms. The minimum atomic E-state index is -1.38. The van der Waals surface area contributed by atoms with Gasteiger partial charge in [-0.1, -0.05) is 46.0 Å². The van der Waals surface area contributed by atoms with Gasteiger partial charge in [0.05, 0.1) is 12.7 Å². The SMILES string of the molecule is CCCCCC(CCCC)OC1O[C@H](CO)[C@@H](O)[C@H](O)[C@H]1O. The van der Waals surface area contributed by atoms with E-state index in [2.05, 4.69) is 13.8 Å². The van der Waals surface area contributed by atoms with Crippen molar-refractivity contribution in [3.8, 4) is 0 Å². The maximum atomic E-state index is 10.0. The van der Waals surface area contributed by atoms with Gasteiger partial charge in [0.15, 0.2) is 6.29 Å². The summed E-state index contributed by atoms with van der Waals surface area (Å²) >= 11 is 0. The molecule has 0 aromatic heterocycles. The molecule has 6 atom stereocenters. The predicted molar refractivity (Wildman–Crippen MR) is 82.3 cm³/mol. The summed E-state index contributed by atoms with van der Waals surface area (Å²) < 4.78 is 11.3. The zero-order valence-electron chi connectivity index (χ0n) is 13.7. The van der Waals surface area contributed by atoms with Gasteiger partial charge < -0.3 is 29.9 Å². The molecule has 0 spiro atoms. The number of aliphatic hydroxyl groups excluding tert-OH is 4. The molecule has 6 nitrogen and oxygen atoms in total. The lowest BCUT2D eigenvalue weighted by molar-refractivity contribution is -0.312. The smallest absolute Gasteiger partial charge is 0.186 e. The Morgan fingerprint density at radius 3 is 2.14 bits per heavy atom. The molecule has 0 radical (unpaired) electrons. The van der Waals surface area contributed by atoms with E-state index >= 15 is 0 Å². The van der Waals surface area contributed by atoms with Crippen molar-refractivity contribution in [1.29, 1.82) is 0 Å². The fourth-order valence-corrected chi connectivity index (χ4v) is 2.70. The Hall–Kier alpha value is -0.240. The van der Waals surface area contributed by atoms with E-state index in [0.717, 1.165) is 44.9 Å². The summed E-state index contributed by atoms with van der Waals surface area (Å²) in [4.78, 5) is 0. The van der Waals surface area contributed by atoms with Crippen LogP contribution in [0.15, 0.2) is 0 Å². The first kappa shape index (κ1) is 19.8. The molecule has 1 aliphatic heterocycles. The van der Waals surface area contributed by atoms with Crippen LogP contribution in [0.25, 0.3) is 0 Å². The Labute approximate surface area is 133 Å². The number of aliphatic hydroxyl groups is 4. The minimum Gasteiger partial charge on any atom is -0.394 e. The van der Waals surface area contributed by atoms with Gasteiger partial charge in [-0.3, -0.25) is 0 Å². The maximum absolute atomic E-state index is 10.0. The van der Waals surface area contributed by atoms with Crippen molar-refractivity contribution in [2.75, 3.05) is 6.61 Å². The number of unbranched alkanes of at least 4 members (excludes halogenated alkanes) is 3. The van der Waals surface area contributed by atoms with Gasteiger partial charge in [-0.2, -0.15) is 0 Å². The van der Waals surface area contributed by atoms with Crippen molar-refractivity contribution in [3.63, 3.8) is 0 Å². The van der Waals surface area contributed by atoms with Crippen molar-refractivity contribution in [2.24, 2.45) is 0 Å². The summed E-state index contributed by atoms with van der Waals surface area (Å²) in [5, 5.41) is 38.8. The van der Waals surface area contributed by atoms with Crippen molar-refractivity contribution < 1.29 is 29.9 Å². The molecule has 132 valence electrons. The van der Waals surface area contributed by atoms with Crippen LogP contribution in [-0.4, -0.2) is 63.8 Å². The van der Waals surface area contributed by atoms with E-state index in [1.54, 1.807) is 0 Å². The molecule has 1 rings (SSSR count). The Kier molecular flexibility index (Phi) is 9.47. The highest BCUT2D eigenvalue weighted by Gasteiger charge is 2.44. The normalized spacial score (nSPS) is 33.8. The molecule has 0 aromatic rings. The van der Waals surface area contributed by atoms with E-state index in [-0.39, 0.29) is 6.10 Å². The zero-order chi connectivity index (χ0) is 16.5. The molecule has 0 aliphatic carbocycles. The van der Waals surface area contributed by atoms with Gasteiger partial charge >= 0.3 is 0 Å². The van der Waals surface area contributed by atoms with Crippen LogP contribution >= 0.6 is 0 Å². The van der Waals surface area contributed by atoms with Gasteiger partial charge in [0, 0.05) is 0 Å². The molecule has 1 heterocycles. The Morgan fingerprint density at radius 1 is 0.909 bits per heavy atom. The molecule has 0 amide bonds. The molecule has 1 fully saturated rings. The maximum Gasteiger partial charge on any atom is 0.186 e. The van der Waals surface area contributed by atoms with Gasteiger partial charge in [-0.05, 0) is 12.8 Å². The van der Waals surface area contributed by atoms with Crippen molar-refractivity contribution in [3.05, 3.63) is 0 Å². The lowest BCUT2D eigenvalue weighted by atomic mass is 9.99. The van der Waals surface area contributed by atoms with Crippen LogP contribution in [0.1, 0.15) is 58.8 Å². The molecule has 1 aliphatic rings. The molecule has 22 heavy (non-hydrogen) atoms. The molecule has 4 N–H and O–H groups in total. The third-order valence-corrected chi connectivity index (χ3v) is 4.18. The fourth-order valence-electron chi connectivity index (χ4n) is 2.70. The van der Waals surface area contributed by atoms with Gasteiger partial charge in [0.2, 0.25) is 0 Å². The van der Waals surface area contributed by atoms with Crippen LogP contribution in [0.4, 0.5) is 0 Å². The van der Waals surface area contributed by atoms with E-state index < -0.39 is 37.3 Å². The number of rotatable bonds is 10. The van der Waals surface area contributed by atoms with Crippen molar-refractivity contribution >= 4 is 0 Å². The third kappa shape index (κ3) is 5.76. The topological polar surface area (TPSA) is 99.4 Å². The Morgan fingerprint density at radius 2 is 1.55 bits per heavy atom. The molecular weight excluding hydrogens is 288 g/mol. The number of ether oxygens (including phenoxy) is 2. The summed E-state index contributed by atoms with van der Waals surface area (Å²) in [7, 11) is 0. The number of hydrogen-bond donors (Lipinski definition) is 4. The average Bonchev–Trinajstić information content (AvgIpc) is 2.52. The van der Waals surface area contributed by atoms with Crippen LogP contribution in [0.3, 0.4) is 0 Å². The summed E-state index contributed by atoms with van der Waals surface area (Å²) in [5.74, 6) is 0. The van der Waals surface area contributed by atoms with Crippen LogP contribution in [0.5, 0.6) is 0 Å². The first-order chi connectivity index (χ1) is 10.5. The van der Waals surface area contributed by atoms with Gasteiger partial charge in [0.1, 0.15) is 24.4 Å². The van der Waals surface area contributed by atoms with E-state index in [4.69, 9.17) is 9.47 Å². The summed E-state index contributed by atoms with van der Waals surface area (Å²) in [6.45, 7) is 3.82. The van der Waals surface area contributed by atoms with E-state index in [1.165, 1.54) is 0 Å². The summed E-state index contributed by atoms with van der Waals surface area (Å²) in [6, 6.07) is 0. The lowest BCUT2D eigenvalue weighted by Crippen LogP contribution is -2.59. The minimum absolute atomic E-state index is 0.0482. The Balaban J connectivity index is 2.60. The van der Waals surface area contributed by atoms with Crippen LogP contribution < -0.4 is 0 Å². The highest BCUT2D eigenvalue weighted by Crippen LogP contribution is 2.25. The lowest BCUT2D eigenvalue weighted by Gasteiger charge is -2.41. The standard InChI is InChI=1S/C16H32O6/c1-3-5-7-9-11(8-6-4-2)21-16-15(20)14(19)13(18)12(10-17)22-16/h11-20H,3-10H2,1-2H3/t11?,12-,13-,14+,15-,16?/m1/s1. The van der Waals surface area contributed by atoms with E-state index in [9.17, 15) is 20.4 Å². The molecule has 0 saturated carbocycles. The summed E-state index contributed by atoms with van der Waals surface area (Å²) in [5.41, 5.74) is 0. The Bertz CT molecular complexity index is 286. The highest BCUT2D eigenvalue weighted by molar-refractivity contribution is 4.89. The second kappa shape index (κ2) is 10.5. The van der Waals surface area contributed by atoms with Gasteiger partial charge in [-0.15, -0.1) is 0 Å². The summed E-state index contributed by atoms with van der Waals surface area (Å²) in [6.07, 6.45) is 1.12. The quantitative estimate of drug-likeness (QED) is 0.447. The molecule has 2 unspecified atom stereocenters. The third-order valence-electron chi connectivity index (χ3n) is 4.18. The van der Waals surface area contributed by atoms with Gasteiger partial charge in [0.25, 0.3) is 0 Å². The molecule has 0 bridgehead atoms. The predicted octanol–water partition coefficient (Wildman–Crippen LogP) is 0.942. The largest absolute Gasteiger partial charge is 0.394 e. The average molecular weight is 320 g/mol. The highest BCUT2D eigenvalue weighted by atomic mass is 16.7. The van der Waals surface area contributed by atoms with Crippen molar-refractivity contribution in [2.45, 2.75) is 95.6 Å². The molecule has 1 saturated heterocycles. The second-order valence-corrected chi connectivity index (χ2v) is 6.09. The molecular formula is C16H32O6. The van der Waals surface area contributed by atoms with Gasteiger partial charge in [-0.25, -0.2) is 0 Å². The van der Waals surface area contributed by atoms with E-state index in [1.807, 2.05) is 0 Å².